The minimum atomic E-state index is 0.0752. The third kappa shape index (κ3) is 2.67. The second-order valence-electron chi connectivity index (χ2n) is 3.75. The number of hydrogen-bond acceptors (Lipinski definition) is 2. The van der Waals surface area contributed by atoms with Crippen LogP contribution in [0.2, 0.25) is 0 Å². The zero-order valence-electron chi connectivity index (χ0n) is 8.11. The Kier molecular flexibility index (Phi) is 2.94. The van der Waals surface area contributed by atoms with Gasteiger partial charge in [0, 0.05) is 5.56 Å². The highest BCUT2D eigenvalue weighted by molar-refractivity contribution is 5.96. The minimum absolute atomic E-state index is 0.0752. The van der Waals surface area contributed by atoms with Crippen molar-refractivity contribution in [1.82, 2.24) is 0 Å². The van der Waals surface area contributed by atoms with Gasteiger partial charge in [-0.25, -0.2) is 0 Å². The lowest BCUT2D eigenvalue weighted by Gasteiger charge is -2.01. The summed E-state index contributed by atoms with van der Waals surface area (Å²) in [6.45, 7) is 0.971. The fraction of sp³-hybridized carbons (Fsp3) is 0.417. The summed E-state index contributed by atoms with van der Waals surface area (Å²) in [6.07, 6.45) is 2.53. The topological polar surface area (TPSA) is 26.3 Å². The van der Waals surface area contributed by atoms with Crippen molar-refractivity contribution in [2.24, 2.45) is 5.92 Å². The van der Waals surface area contributed by atoms with E-state index < -0.39 is 0 Å². The zero-order valence-corrected chi connectivity index (χ0v) is 8.11. The summed E-state index contributed by atoms with van der Waals surface area (Å²) in [5.41, 5.74) is 0.739. The Morgan fingerprint density at radius 3 is 2.64 bits per heavy atom. The third-order valence-electron chi connectivity index (χ3n) is 2.38. The van der Waals surface area contributed by atoms with E-state index in [1.54, 1.807) is 0 Å². The standard InChI is InChI=1S/C12H14O2/c13-12(9-14-8-10-6-7-10)11-4-2-1-3-5-11/h1-5,10H,6-9H2. The zero-order chi connectivity index (χ0) is 9.80. The maximum atomic E-state index is 11.5. The van der Waals surface area contributed by atoms with E-state index in [0.29, 0.717) is 0 Å². The van der Waals surface area contributed by atoms with Crippen molar-refractivity contribution in [3.63, 3.8) is 0 Å². The number of hydrogen-bond donors (Lipinski definition) is 0. The molecule has 0 atom stereocenters. The number of carbonyl (C=O) groups excluding carboxylic acids is 1. The molecule has 1 aliphatic rings. The molecule has 1 saturated carbocycles. The summed E-state index contributed by atoms with van der Waals surface area (Å²) >= 11 is 0. The smallest absolute Gasteiger partial charge is 0.188 e. The van der Waals surface area contributed by atoms with E-state index in [-0.39, 0.29) is 12.4 Å². The van der Waals surface area contributed by atoms with Crippen molar-refractivity contribution < 1.29 is 9.53 Å². The highest BCUT2D eigenvalue weighted by atomic mass is 16.5. The van der Waals surface area contributed by atoms with Gasteiger partial charge >= 0.3 is 0 Å². The van der Waals surface area contributed by atoms with Gasteiger partial charge in [-0.15, -0.1) is 0 Å². The molecule has 0 heterocycles. The van der Waals surface area contributed by atoms with E-state index in [1.165, 1.54) is 12.8 Å². The van der Waals surface area contributed by atoms with Gasteiger partial charge < -0.3 is 4.74 Å². The SMILES string of the molecule is O=C(COCC1CC1)c1ccccc1. The van der Waals surface area contributed by atoms with Gasteiger partial charge in [0.25, 0.3) is 0 Å². The van der Waals surface area contributed by atoms with Crippen LogP contribution >= 0.6 is 0 Å². The van der Waals surface area contributed by atoms with E-state index in [9.17, 15) is 4.79 Å². The van der Waals surface area contributed by atoms with Crippen LogP contribution in [0.1, 0.15) is 23.2 Å². The molecule has 0 radical (unpaired) electrons. The molecule has 0 aromatic heterocycles. The first-order valence-electron chi connectivity index (χ1n) is 5.02. The molecule has 0 saturated heterocycles. The molecule has 1 fully saturated rings. The van der Waals surface area contributed by atoms with E-state index in [1.807, 2.05) is 30.3 Å². The molecule has 1 aromatic carbocycles. The molecule has 2 rings (SSSR count). The van der Waals surface area contributed by atoms with E-state index in [4.69, 9.17) is 4.74 Å². The first kappa shape index (κ1) is 9.41. The number of rotatable bonds is 5. The average molecular weight is 190 g/mol. The monoisotopic (exact) mass is 190 g/mol. The molecule has 0 N–H and O–H groups in total. The van der Waals surface area contributed by atoms with Gasteiger partial charge in [-0.2, -0.15) is 0 Å². The Balaban J connectivity index is 1.77. The minimum Gasteiger partial charge on any atom is -0.373 e. The number of benzene rings is 1. The molecular formula is C12H14O2. The lowest BCUT2D eigenvalue weighted by molar-refractivity contribution is 0.0740. The van der Waals surface area contributed by atoms with Crippen molar-refractivity contribution in [3.05, 3.63) is 35.9 Å². The van der Waals surface area contributed by atoms with Crippen LogP contribution in [0.5, 0.6) is 0 Å². The first-order chi connectivity index (χ1) is 6.86. The molecule has 0 spiro atoms. The molecule has 0 bridgehead atoms. The summed E-state index contributed by atoms with van der Waals surface area (Å²) in [6, 6.07) is 9.29. The first-order valence-corrected chi connectivity index (χ1v) is 5.02. The predicted octanol–water partition coefficient (Wildman–Crippen LogP) is 2.30. The van der Waals surface area contributed by atoms with Crippen LogP contribution in [0, 0.1) is 5.92 Å². The fourth-order valence-electron chi connectivity index (χ4n) is 1.31. The summed E-state index contributed by atoms with van der Waals surface area (Å²) in [5.74, 6) is 0.796. The van der Waals surface area contributed by atoms with Crippen LogP contribution in [0.15, 0.2) is 30.3 Å². The normalized spacial score (nSPS) is 15.4. The van der Waals surface area contributed by atoms with Gasteiger partial charge in [-0.1, -0.05) is 30.3 Å². The second kappa shape index (κ2) is 4.38. The van der Waals surface area contributed by atoms with Crippen LogP contribution in [0.25, 0.3) is 0 Å². The summed E-state index contributed by atoms with van der Waals surface area (Å²) in [7, 11) is 0. The Hall–Kier alpha value is -1.15. The molecule has 2 nitrogen and oxygen atoms in total. The fourth-order valence-corrected chi connectivity index (χ4v) is 1.31. The molecule has 1 aromatic rings. The third-order valence-corrected chi connectivity index (χ3v) is 2.38. The Labute approximate surface area is 83.9 Å². The summed E-state index contributed by atoms with van der Waals surface area (Å²) in [4.78, 5) is 11.5. The molecule has 1 aliphatic carbocycles. The molecule has 2 heteroatoms. The molecular weight excluding hydrogens is 176 g/mol. The van der Waals surface area contributed by atoms with Crippen molar-refractivity contribution in [2.75, 3.05) is 13.2 Å². The van der Waals surface area contributed by atoms with Gasteiger partial charge in [0.15, 0.2) is 5.78 Å². The lowest BCUT2D eigenvalue weighted by Crippen LogP contribution is -2.10. The lowest BCUT2D eigenvalue weighted by atomic mass is 10.1. The number of ether oxygens (including phenoxy) is 1. The van der Waals surface area contributed by atoms with Crippen LogP contribution in [0.4, 0.5) is 0 Å². The van der Waals surface area contributed by atoms with Crippen LogP contribution in [0.3, 0.4) is 0 Å². The van der Waals surface area contributed by atoms with Crippen molar-refractivity contribution in [1.29, 1.82) is 0 Å². The Morgan fingerprint density at radius 2 is 2.00 bits per heavy atom. The predicted molar refractivity (Wildman–Crippen MR) is 54.3 cm³/mol. The van der Waals surface area contributed by atoms with Crippen LogP contribution in [-0.2, 0) is 4.74 Å². The highest BCUT2D eigenvalue weighted by Crippen LogP contribution is 2.28. The molecule has 74 valence electrons. The highest BCUT2D eigenvalue weighted by Gasteiger charge is 2.21. The number of carbonyl (C=O) groups is 1. The van der Waals surface area contributed by atoms with Crippen molar-refractivity contribution in [2.45, 2.75) is 12.8 Å². The average Bonchev–Trinajstić information content (AvgIpc) is 3.03. The van der Waals surface area contributed by atoms with Gasteiger partial charge in [0.1, 0.15) is 6.61 Å². The van der Waals surface area contributed by atoms with Crippen LogP contribution < -0.4 is 0 Å². The Bertz CT molecular complexity index is 301. The van der Waals surface area contributed by atoms with E-state index in [0.717, 1.165) is 18.1 Å². The maximum absolute atomic E-state index is 11.5. The number of ketones is 1. The van der Waals surface area contributed by atoms with Crippen molar-refractivity contribution >= 4 is 5.78 Å². The van der Waals surface area contributed by atoms with E-state index >= 15 is 0 Å². The van der Waals surface area contributed by atoms with Gasteiger partial charge in [0.2, 0.25) is 0 Å². The number of Topliss-reactive ketones (excluding diaryl/α,β-unsaturated/α-hetero) is 1. The molecule has 0 amide bonds. The van der Waals surface area contributed by atoms with Crippen molar-refractivity contribution in [3.8, 4) is 0 Å². The molecule has 14 heavy (non-hydrogen) atoms. The Morgan fingerprint density at radius 1 is 1.29 bits per heavy atom. The molecule has 0 unspecified atom stereocenters. The maximum Gasteiger partial charge on any atom is 0.188 e. The molecule has 0 aliphatic heterocycles. The van der Waals surface area contributed by atoms with Gasteiger partial charge in [-0.05, 0) is 18.8 Å². The van der Waals surface area contributed by atoms with Gasteiger partial charge in [-0.3, -0.25) is 4.79 Å². The van der Waals surface area contributed by atoms with Crippen LogP contribution in [-0.4, -0.2) is 19.0 Å². The summed E-state index contributed by atoms with van der Waals surface area (Å²) < 4.78 is 5.32. The van der Waals surface area contributed by atoms with Gasteiger partial charge in [0.05, 0.1) is 6.61 Å². The van der Waals surface area contributed by atoms with E-state index in [2.05, 4.69) is 0 Å². The second-order valence-corrected chi connectivity index (χ2v) is 3.75. The largest absolute Gasteiger partial charge is 0.373 e. The summed E-state index contributed by atoms with van der Waals surface area (Å²) in [5, 5.41) is 0. The quantitative estimate of drug-likeness (QED) is 0.666.